The second-order valence-corrected chi connectivity index (χ2v) is 8.17. The first kappa shape index (κ1) is 18.1. The first-order valence-corrected chi connectivity index (χ1v) is 10.5. The van der Waals surface area contributed by atoms with E-state index >= 15 is 0 Å². The molecule has 0 atom stereocenters. The van der Waals surface area contributed by atoms with Gasteiger partial charge in [0.2, 0.25) is 0 Å². The number of fused-ring (bicyclic) bond motifs is 1. The lowest BCUT2D eigenvalue weighted by Crippen LogP contribution is -2.43. The molecule has 0 saturated carbocycles. The number of hydrogen-bond acceptors (Lipinski definition) is 2. The molecule has 0 radical (unpaired) electrons. The van der Waals surface area contributed by atoms with Gasteiger partial charge in [-0.2, -0.15) is 0 Å². The third-order valence-electron chi connectivity index (χ3n) is 6.61. The summed E-state index contributed by atoms with van der Waals surface area (Å²) < 4.78 is 2.24. The zero-order valence-electron chi connectivity index (χ0n) is 17.0. The van der Waals surface area contributed by atoms with Crippen LogP contribution in [0.3, 0.4) is 0 Å². The number of aromatic nitrogens is 2. The highest BCUT2D eigenvalue weighted by Crippen LogP contribution is 2.41. The largest absolute Gasteiger partial charge is 0.330 e. The summed E-state index contributed by atoms with van der Waals surface area (Å²) in [6.07, 6.45) is 2.26. The zero-order chi connectivity index (χ0) is 19.7. The predicted molar refractivity (Wildman–Crippen MR) is 119 cm³/mol. The molecule has 1 aromatic heterocycles. The average molecular weight is 382 g/mol. The van der Waals surface area contributed by atoms with Crippen LogP contribution in [0.4, 0.5) is 0 Å². The van der Waals surface area contributed by atoms with Crippen molar-refractivity contribution in [2.45, 2.75) is 24.8 Å². The minimum atomic E-state index is 0.103. The van der Waals surface area contributed by atoms with Gasteiger partial charge in [-0.05, 0) is 49.2 Å². The summed E-state index contributed by atoms with van der Waals surface area (Å²) in [5.41, 5.74) is 5.28. The Morgan fingerprint density at radius 1 is 0.759 bits per heavy atom. The Hall–Kier alpha value is -2.91. The molecule has 29 heavy (non-hydrogen) atoms. The monoisotopic (exact) mass is 381 g/mol. The van der Waals surface area contributed by atoms with E-state index in [9.17, 15) is 0 Å². The van der Waals surface area contributed by atoms with Crippen molar-refractivity contribution >= 4 is 11.0 Å². The summed E-state index contributed by atoms with van der Waals surface area (Å²) in [5, 5.41) is 0. The van der Waals surface area contributed by atoms with Gasteiger partial charge in [0.05, 0.1) is 17.6 Å². The number of benzene rings is 3. The Bertz CT molecular complexity index is 1050. The Morgan fingerprint density at radius 3 is 1.90 bits per heavy atom. The van der Waals surface area contributed by atoms with Crippen LogP contribution in [0.5, 0.6) is 0 Å². The van der Waals surface area contributed by atoms with Gasteiger partial charge in [0.1, 0.15) is 5.82 Å². The normalized spacial score (nSPS) is 16.9. The van der Waals surface area contributed by atoms with Crippen molar-refractivity contribution in [1.82, 2.24) is 14.5 Å². The van der Waals surface area contributed by atoms with Crippen molar-refractivity contribution in [3.63, 3.8) is 0 Å². The third-order valence-corrected chi connectivity index (χ3v) is 6.61. The van der Waals surface area contributed by atoms with Gasteiger partial charge in [-0.25, -0.2) is 4.98 Å². The smallest absolute Gasteiger partial charge is 0.123 e. The summed E-state index contributed by atoms with van der Waals surface area (Å²) in [4.78, 5) is 7.44. The number of nitrogens with zero attached hydrogens (tertiary/aromatic N) is 3. The fourth-order valence-electron chi connectivity index (χ4n) is 4.89. The highest BCUT2D eigenvalue weighted by molar-refractivity contribution is 5.75. The number of hydrogen-bond donors (Lipinski definition) is 0. The van der Waals surface area contributed by atoms with Crippen molar-refractivity contribution in [2.24, 2.45) is 7.05 Å². The Balaban J connectivity index is 1.40. The van der Waals surface area contributed by atoms with Crippen molar-refractivity contribution in [2.75, 3.05) is 13.1 Å². The number of piperidine rings is 1. The Labute approximate surface area is 172 Å². The molecule has 3 nitrogen and oxygen atoms in total. The van der Waals surface area contributed by atoms with Gasteiger partial charge in [0, 0.05) is 12.5 Å². The van der Waals surface area contributed by atoms with Crippen LogP contribution in [0.15, 0.2) is 84.9 Å². The van der Waals surface area contributed by atoms with E-state index in [0.29, 0.717) is 0 Å². The number of rotatable bonds is 4. The van der Waals surface area contributed by atoms with Crippen LogP contribution in [-0.2, 0) is 19.0 Å². The van der Waals surface area contributed by atoms with Gasteiger partial charge in [-0.1, -0.05) is 72.8 Å². The molecule has 1 fully saturated rings. The highest BCUT2D eigenvalue weighted by atomic mass is 15.2. The van der Waals surface area contributed by atoms with Gasteiger partial charge in [0.25, 0.3) is 0 Å². The summed E-state index contributed by atoms with van der Waals surface area (Å²) in [5.74, 6) is 1.15. The van der Waals surface area contributed by atoms with E-state index in [-0.39, 0.29) is 5.41 Å². The van der Waals surface area contributed by atoms with Crippen LogP contribution < -0.4 is 0 Å². The SMILES string of the molecule is Cn1c(CN2CCC(c3ccccc3)(c3ccccc3)CC2)nc2ccccc21. The minimum Gasteiger partial charge on any atom is -0.330 e. The molecular weight excluding hydrogens is 354 g/mol. The summed E-state index contributed by atoms with van der Waals surface area (Å²) in [6, 6.07) is 30.5. The van der Waals surface area contributed by atoms with Crippen LogP contribution >= 0.6 is 0 Å². The van der Waals surface area contributed by atoms with Gasteiger partial charge in [-0.15, -0.1) is 0 Å². The number of para-hydroxylation sites is 2. The second kappa shape index (κ2) is 7.49. The van der Waals surface area contributed by atoms with Crippen LogP contribution in [0, 0.1) is 0 Å². The summed E-state index contributed by atoms with van der Waals surface area (Å²) >= 11 is 0. The van der Waals surface area contributed by atoms with Gasteiger partial charge in [-0.3, -0.25) is 4.90 Å². The van der Waals surface area contributed by atoms with Crippen molar-refractivity contribution in [1.29, 1.82) is 0 Å². The molecular formula is C26H27N3. The van der Waals surface area contributed by atoms with Gasteiger partial charge >= 0.3 is 0 Å². The lowest BCUT2D eigenvalue weighted by molar-refractivity contribution is 0.168. The molecule has 1 aliphatic rings. The maximum Gasteiger partial charge on any atom is 0.123 e. The number of imidazole rings is 1. The lowest BCUT2D eigenvalue weighted by atomic mass is 9.68. The predicted octanol–water partition coefficient (Wildman–Crippen LogP) is 5.16. The number of likely N-dealkylation sites (tertiary alicyclic amines) is 1. The van der Waals surface area contributed by atoms with E-state index in [1.807, 2.05) is 0 Å². The molecule has 0 amide bonds. The first-order chi connectivity index (χ1) is 14.3. The lowest BCUT2D eigenvalue weighted by Gasteiger charge is -2.42. The molecule has 3 heteroatoms. The quantitative estimate of drug-likeness (QED) is 0.487. The molecule has 0 spiro atoms. The van der Waals surface area contributed by atoms with Gasteiger partial charge in [0.15, 0.2) is 0 Å². The topological polar surface area (TPSA) is 21.1 Å². The van der Waals surface area contributed by atoms with E-state index in [1.54, 1.807) is 0 Å². The molecule has 1 aliphatic heterocycles. The van der Waals surface area contributed by atoms with Crippen LogP contribution in [0.25, 0.3) is 11.0 Å². The van der Waals surface area contributed by atoms with E-state index in [4.69, 9.17) is 4.98 Å². The molecule has 3 aromatic carbocycles. The Morgan fingerprint density at radius 2 is 1.31 bits per heavy atom. The molecule has 0 N–H and O–H groups in total. The standard InChI is InChI=1S/C26H27N3/c1-28-24-15-9-8-14-23(24)27-25(28)20-29-18-16-26(17-19-29,21-10-4-2-5-11-21)22-12-6-3-7-13-22/h2-15H,16-20H2,1H3. The highest BCUT2D eigenvalue weighted by Gasteiger charge is 2.37. The van der Waals surface area contributed by atoms with Crippen LogP contribution in [0.1, 0.15) is 29.8 Å². The van der Waals surface area contributed by atoms with Crippen molar-refractivity contribution < 1.29 is 0 Å². The van der Waals surface area contributed by atoms with Crippen molar-refractivity contribution in [3.8, 4) is 0 Å². The summed E-state index contributed by atoms with van der Waals surface area (Å²) in [6.45, 7) is 3.06. The number of aryl methyl sites for hydroxylation is 1. The molecule has 5 rings (SSSR count). The summed E-state index contributed by atoms with van der Waals surface area (Å²) in [7, 11) is 2.13. The molecule has 0 bridgehead atoms. The molecule has 0 aliphatic carbocycles. The van der Waals surface area contributed by atoms with Crippen molar-refractivity contribution in [3.05, 3.63) is 102 Å². The Kier molecular flexibility index (Phi) is 4.69. The zero-order valence-corrected chi connectivity index (χ0v) is 17.0. The van der Waals surface area contributed by atoms with E-state index in [0.717, 1.165) is 43.8 Å². The first-order valence-electron chi connectivity index (χ1n) is 10.5. The second-order valence-electron chi connectivity index (χ2n) is 8.17. The van der Waals surface area contributed by atoms with Gasteiger partial charge < -0.3 is 4.57 Å². The maximum absolute atomic E-state index is 4.88. The van der Waals surface area contributed by atoms with Crippen LogP contribution in [-0.4, -0.2) is 27.5 Å². The van der Waals surface area contributed by atoms with E-state index < -0.39 is 0 Å². The van der Waals surface area contributed by atoms with E-state index in [2.05, 4.69) is 101 Å². The molecule has 0 unspecified atom stereocenters. The maximum atomic E-state index is 4.88. The molecule has 1 saturated heterocycles. The fraction of sp³-hybridized carbons (Fsp3) is 0.269. The fourth-order valence-corrected chi connectivity index (χ4v) is 4.89. The average Bonchev–Trinajstić information content (AvgIpc) is 3.11. The minimum absolute atomic E-state index is 0.103. The molecule has 4 aromatic rings. The molecule has 146 valence electrons. The van der Waals surface area contributed by atoms with Crippen LogP contribution in [0.2, 0.25) is 0 Å². The molecule has 2 heterocycles. The third kappa shape index (κ3) is 3.26. The van der Waals surface area contributed by atoms with E-state index in [1.165, 1.54) is 16.6 Å².